The summed E-state index contributed by atoms with van der Waals surface area (Å²) in [6.07, 6.45) is 1.28. The van der Waals surface area contributed by atoms with Crippen molar-refractivity contribution >= 4 is 28.8 Å². The molecule has 1 atom stereocenters. The zero-order chi connectivity index (χ0) is 11.5. The lowest BCUT2D eigenvalue weighted by Gasteiger charge is -2.15. The van der Waals surface area contributed by atoms with Gasteiger partial charge in [-0.2, -0.15) is 11.8 Å². The first-order chi connectivity index (χ1) is 8.43. The Morgan fingerprint density at radius 1 is 1.12 bits per heavy atom. The van der Waals surface area contributed by atoms with Gasteiger partial charge < -0.3 is 5.32 Å². The summed E-state index contributed by atoms with van der Waals surface area (Å²) in [6.45, 7) is 0. The van der Waals surface area contributed by atoms with Gasteiger partial charge in [0, 0.05) is 27.9 Å². The first-order valence-corrected chi connectivity index (χ1v) is 7.94. The Labute approximate surface area is 110 Å². The van der Waals surface area contributed by atoms with Gasteiger partial charge in [-0.05, 0) is 29.7 Å². The summed E-state index contributed by atoms with van der Waals surface area (Å²) >= 11 is 3.85. The number of anilines is 1. The fraction of sp³-hybridized carbons (Fsp3) is 0.286. The molecule has 1 aliphatic heterocycles. The predicted molar refractivity (Wildman–Crippen MR) is 79.1 cm³/mol. The van der Waals surface area contributed by atoms with Crippen LogP contribution in [0.2, 0.25) is 0 Å². The molecule has 17 heavy (non-hydrogen) atoms. The van der Waals surface area contributed by atoms with Crippen LogP contribution in [0.1, 0.15) is 6.42 Å². The van der Waals surface area contributed by atoms with E-state index in [1.165, 1.54) is 34.1 Å². The molecule has 3 heteroatoms. The highest BCUT2D eigenvalue weighted by Gasteiger charge is 2.16. The van der Waals surface area contributed by atoms with E-state index < -0.39 is 0 Å². The first-order valence-electron chi connectivity index (χ1n) is 5.91. The van der Waals surface area contributed by atoms with Gasteiger partial charge in [0.2, 0.25) is 0 Å². The maximum absolute atomic E-state index is 3.68. The van der Waals surface area contributed by atoms with E-state index in [1.807, 2.05) is 11.8 Å². The lowest BCUT2D eigenvalue weighted by atomic mass is 10.1. The molecule has 1 N–H and O–H groups in total. The van der Waals surface area contributed by atoms with Crippen molar-refractivity contribution in [2.45, 2.75) is 12.5 Å². The molecule has 0 amide bonds. The van der Waals surface area contributed by atoms with E-state index in [0.717, 1.165) is 0 Å². The second-order valence-electron chi connectivity index (χ2n) is 4.23. The second kappa shape index (κ2) is 5.15. The summed E-state index contributed by atoms with van der Waals surface area (Å²) in [5, 5.41) is 5.82. The number of rotatable bonds is 3. The van der Waals surface area contributed by atoms with E-state index in [0.29, 0.717) is 6.04 Å². The number of nitrogens with one attached hydrogen (secondary N) is 1. The Hall–Kier alpha value is -0.930. The number of hydrogen-bond donors (Lipinski definition) is 1. The van der Waals surface area contributed by atoms with Gasteiger partial charge in [0.15, 0.2) is 0 Å². The third-order valence-electron chi connectivity index (χ3n) is 3.00. The van der Waals surface area contributed by atoms with Gasteiger partial charge in [-0.1, -0.05) is 24.3 Å². The van der Waals surface area contributed by atoms with Gasteiger partial charge in [-0.15, -0.1) is 11.3 Å². The summed E-state index contributed by atoms with van der Waals surface area (Å²) in [7, 11) is 0. The SMILES string of the molecule is c1csc(-c2ccccc2NC2CCSC2)c1. The maximum atomic E-state index is 3.68. The zero-order valence-corrected chi connectivity index (χ0v) is 11.2. The van der Waals surface area contributed by atoms with Crippen LogP contribution in [-0.4, -0.2) is 17.5 Å². The van der Waals surface area contributed by atoms with E-state index in [1.54, 1.807) is 11.3 Å². The van der Waals surface area contributed by atoms with Crippen molar-refractivity contribution in [3.05, 3.63) is 41.8 Å². The summed E-state index contributed by atoms with van der Waals surface area (Å²) in [6, 6.07) is 13.6. The number of thioether (sulfide) groups is 1. The van der Waals surface area contributed by atoms with Crippen LogP contribution in [0.5, 0.6) is 0 Å². The monoisotopic (exact) mass is 261 g/mol. The number of benzene rings is 1. The third kappa shape index (κ3) is 2.50. The first kappa shape index (κ1) is 11.2. The highest BCUT2D eigenvalue weighted by atomic mass is 32.2. The van der Waals surface area contributed by atoms with E-state index in [2.05, 4.69) is 47.1 Å². The van der Waals surface area contributed by atoms with Crippen molar-refractivity contribution in [1.82, 2.24) is 0 Å². The molecule has 1 nitrogen and oxygen atoms in total. The molecular formula is C14H15NS2. The minimum absolute atomic E-state index is 0.640. The molecule has 1 aliphatic rings. The van der Waals surface area contributed by atoms with Gasteiger partial charge in [0.1, 0.15) is 0 Å². The largest absolute Gasteiger partial charge is 0.381 e. The standard InChI is InChI=1S/C14H15NS2/c1-2-5-13(15-11-7-9-16-10-11)12(4-1)14-6-3-8-17-14/h1-6,8,11,15H,7,9-10H2. The fourth-order valence-electron chi connectivity index (χ4n) is 2.12. The van der Waals surface area contributed by atoms with Crippen LogP contribution in [-0.2, 0) is 0 Å². The molecule has 3 rings (SSSR count). The van der Waals surface area contributed by atoms with Crippen LogP contribution in [0, 0.1) is 0 Å². The molecule has 0 spiro atoms. The lowest BCUT2D eigenvalue weighted by Crippen LogP contribution is -2.18. The normalized spacial score (nSPS) is 19.4. The van der Waals surface area contributed by atoms with Crippen molar-refractivity contribution in [1.29, 1.82) is 0 Å². The maximum Gasteiger partial charge on any atom is 0.0430 e. The Kier molecular flexibility index (Phi) is 3.39. The Morgan fingerprint density at radius 2 is 2.06 bits per heavy atom. The van der Waals surface area contributed by atoms with Gasteiger partial charge >= 0.3 is 0 Å². The van der Waals surface area contributed by atoms with Gasteiger partial charge in [-0.3, -0.25) is 0 Å². The quantitative estimate of drug-likeness (QED) is 0.882. The van der Waals surface area contributed by atoms with Crippen LogP contribution >= 0.6 is 23.1 Å². The van der Waals surface area contributed by atoms with Crippen LogP contribution in [0.25, 0.3) is 10.4 Å². The Bertz CT molecular complexity index is 473. The van der Waals surface area contributed by atoms with Crippen molar-refractivity contribution in [2.24, 2.45) is 0 Å². The van der Waals surface area contributed by atoms with Crippen molar-refractivity contribution < 1.29 is 0 Å². The molecule has 1 aromatic carbocycles. The number of hydrogen-bond acceptors (Lipinski definition) is 3. The molecule has 1 fully saturated rings. The van der Waals surface area contributed by atoms with E-state index in [4.69, 9.17) is 0 Å². The summed E-state index contributed by atoms with van der Waals surface area (Å²) in [4.78, 5) is 1.35. The second-order valence-corrected chi connectivity index (χ2v) is 6.33. The molecule has 1 aromatic heterocycles. The van der Waals surface area contributed by atoms with Crippen LogP contribution in [0.3, 0.4) is 0 Å². The molecular weight excluding hydrogens is 246 g/mol. The minimum atomic E-state index is 0.640. The van der Waals surface area contributed by atoms with Crippen molar-refractivity contribution in [2.75, 3.05) is 16.8 Å². The van der Waals surface area contributed by atoms with E-state index >= 15 is 0 Å². The molecule has 2 aromatic rings. The molecule has 2 heterocycles. The molecule has 0 radical (unpaired) electrons. The van der Waals surface area contributed by atoms with Crippen molar-refractivity contribution in [3.63, 3.8) is 0 Å². The van der Waals surface area contributed by atoms with Gasteiger partial charge in [0.25, 0.3) is 0 Å². The average molecular weight is 261 g/mol. The van der Waals surface area contributed by atoms with Crippen molar-refractivity contribution in [3.8, 4) is 10.4 Å². The lowest BCUT2D eigenvalue weighted by molar-refractivity contribution is 0.813. The van der Waals surface area contributed by atoms with Crippen LogP contribution < -0.4 is 5.32 Å². The van der Waals surface area contributed by atoms with Gasteiger partial charge in [0.05, 0.1) is 0 Å². The average Bonchev–Trinajstić information content (AvgIpc) is 3.01. The Balaban J connectivity index is 1.88. The molecule has 1 unspecified atom stereocenters. The number of thiophene rings is 1. The summed E-state index contributed by atoms with van der Waals surface area (Å²) in [5.74, 6) is 2.53. The molecule has 0 aliphatic carbocycles. The fourth-order valence-corrected chi connectivity index (χ4v) is 4.04. The van der Waals surface area contributed by atoms with E-state index in [9.17, 15) is 0 Å². The predicted octanol–water partition coefficient (Wildman–Crippen LogP) is 4.33. The number of para-hydroxylation sites is 1. The molecule has 1 saturated heterocycles. The highest BCUT2D eigenvalue weighted by molar-refractivity contribution is 7.99. The molecule has 0 bridgehead atoms. The molecule has 88 valence electrons. The van der Waals surface area contributed by atoms with Crippen LogP contribution in [0.15, 0.2) is 41.8 Å². The molecule has 0 saturated carbocycles. The third-order valence-corrected chi connectivity index (χ3v) is 5.07. The van der Waals surface area contributed by atoms with Gasteiger partial charge in [-0.25, -0.2) is 0 Å². The van der Waals surface area contributed by atoms with E-state index in [-0.39, 0.29) is 0 Å². The van der Waals surface area contributed by atoms with Crippen LogP contribution in [0.4, 0.5) is 5.69 Å². The smallest absolute Gasteiger partial charge is 0.0430 e. The summed E-state index contributed by atoms with van der Waals surface area (Å²) in [5.41, 5.74) is 2.61. The minimum Gasteiger partial charge on any atom is -0.381 e. The zero-order valence-electron chi connectivity index (χ0n) is 9.56. The topological polar surface area (TPSA) is 12.0 Å². The summed E-state index contributed by atoms with van der Waals surface area (Å²) < 4.78 is 0. The Morgan fingerprint density at radius 3 is 2.82 bits per heavy atom. The highest BCUT2D eigenvalue weighted by Crippen LogP contribution is 2.33.